The second kappa shape index (κ2) is 5.51. The molecule has 0 fully saturated rings. The van der Waals surface area contributed by atoms with E-state index in [1.807, 2.05) is 0 Å². The average Bonchev–Trinajstić information content (AvgIpc) is 2.47. The fourth-order valence-electron chi connectivity index (χ4n) is 1.69. The zero-order chi connectivity index (χ0) is 15.7. The lowest BCUT2D eigenvalue weighted by Gasteiger charge is -2.10. The molecular formula is C14H8F5NO. The largest absolute Gasteiger partial charge is 0.317 e. The molecule has 21 heavy (non-hydrogen) atoms. The summed E-state index contributed by atoms with van der Waals surface area (Å²) in [6.45, 7) is 1.68. The Morgan fingerprint density at radius 1 is 0.905 bits per heavy atom. The number of carbonyl (C=O) groups is 1. The molecule has 0 saturated carbocycles. The van der Waals surface area contributed by atoms with Gasteiger partial charge in [-0.3, -0.25) is 4.79 Å². The molecule has 0 heterocycles. The Morgan fingerprint density at radius 3 is 1.95 bits per heavy atom. The van der Waals surface area contributed by atoms with Crippen molar-refractivity contribution in [1.29, 1.82) is 0 Å². The van der Waals surface area contributed by atoms with Crippen molar-refractivity contribution in [2.75, 3.05) is 5.32 Å². The Morgan fingerprint density at radius 2 is 1.43 bits per heavy atom. The van der Waals surface area contributed by atoms with Crippen molar-refractivity contribution in [3.05, 3.63) is 64.5 Å². The molecule has 0 aliphatic heterocycles. The van der Waals surface area contributed by atoms with Crippen molar-refractivity contribution < 1.29 is 26.7 Å². The summed E-state index contributed by atoms with van der Waals surface area (Å²) in [7, 11) is 0. The number of aryl methyl sites for hydroxylation is 1. The predicted molar refractivity (Wildman–Crippen MR) is 65.4 cm³/mol. The van der Waals surface area contributed by atoms with Crippen LogP contribution in [0.2, 0.25) is 0 Å². The van der Waals surface area contributed by atoms with Crippen LogP contribution in [0.5, 0.6) is 0 Å². The first-order valence-electron chi connectivity index (χ1n) is 5.72. The zero-order valence-corrected chi connectivity index (χ0v) is 10.6. The van der Waals surface area contributed by atoms with E-state index < -0.39 is 40.7 Å². The molecule has 2 aromatic carbocycles. The van der Waals surface area contributed by atoms with Crippen molar-refractivity contribution in [2.45, 2.75) is 6.92 Å². The number of nitrogens with one attached hydrogen (secondary N) is 1. The molecule has 0 unspecified atom stereocenters. The number of benzene rings is 2. The van der Waals surface area contributed by atoms with Gasteiger partial charge in [-0.15, -0.1) is 0 Å². The molecule has 2 aromatic rings. The maximum Gasteiger partial charge on any atom is 0.255 e. The van der Waals surface area contributed by atoms with Crippen molar-refractivity contribution >= 4 is 11.6 Å². The highest BCUT2D eigenvalue weighted by Gasteiger charge is 2.27. The highest BCUT2D eigenvalue weighted by atomic mass is 19.2. The van der Waals surface area contributed by atoms with Crippen LogP contribution >= 0.6 is 0 Å². The van der Waals surface area contributed by atoms with Crippen LogP contribution in [0.4, 0.5) is 27.6 Å². The van der Waals surface area contributed by atoms with Gasteiger partial charge in [0.2, 0.25) is 5.82 Å². The van der Waals surface area contributed by atoms with Crippen LogP contribution in [0, 0.1) is 36.0 Å². The van der Waals surface area contributed by atoms with E-state index in [1.54, 1.807) is 18.3 Å². The van der Waals surface area contributed by atoms with Gasteiger partial charge in [0.05, 0.1) is 0 Å². The Bertz CT molecular complexity index is 701. The predicted octanol–water partition coefficient (Wildman–Crippen LogP) is 3.94. The van der Waals surface area contributed by atoms with Gasteiger partial charge in [-0.1, -0.05) is 17.7 Å². The minimum atomic E-state index is -2.28. The standard InChI is InChI=1S/C14H8F5NO/c1-6-3-2-4-7(5-6)14(21)20-13-11(18)9(16)8(15)10(17)12(13)19/h2-5H,1H3,(H,20,21). The third-order valence-electron chi connectivity index (χ3n) is 2.73. The molecule has 0 spiro atoms. The van der Waals surface area contributed by atoms with E-state index in [1.165, 1.54) is 18.2 Å². The second-order valence-electron chi connectivity index (χ2n) is 4.27. The summed E-state index contributed by atoms with van der Waals surface area (Å²) in [6, 6.07) is 5.94. The number of halogens is 5. The van der Waals surface area contributed by atoms with Gasteiger partial charge in [0, 0.05) is 5.56 Å². The molecule has 0 bridgehead atoms. The van der Waals surface area contributed by atoms with Crippen LogP contribution in [0.1, 0.15) is 15.9 Å². The van der Waals surface area contributed by atoms with Crippen LogP contribution in [-0.4, -0.2) is 5.91 Å². The first-order valence-corrected chi connectivity index (χ1v) is 5.72. The van der Waals surface area contributed by atoms with E-state index in [4.69, 9.17) is 0 Å². The Balaban J connectivity index is 2.43. The molecule has 0 atom stereocenters. The second-order valence-corrected chi connectivity index (χ2v) is 4.27. The molecule has 0 radical (unpaired) electrons. The lowest BCUT2D eigenvalue weighted by atomic mass is 10.1. The average molecular weight is 301 g/mol. The van der Waals surface area contributed by atoms with Gasteiger partial charge >= 0.3 is 0 Å². The molecule has 0 aliphatic carbocycles. The van der Waals surface area contributed by atoms with Crippen molar-refractivity contribution in [1.82, 2.24) is 0 Å². The van der Waals surface area contributed by atoms with E-state index in [2.05, 4.69) is 0 Å². The highest BCUT2D eigenvalue weighted by molar-refractivity contribution is 6.04. The van der Waals surface area contributed by atoms with Crippen LogP contribution in [-0.2, 0) is 0 Å². The summed E-state index contributed by atoms with van der Waals surface area (Å²) < 4.78 is 65.7. The van der Waals surface area contributed by atoms with Gasteiger partial charge in [0.15, 0.2) is 23.3 Å². The summed E-state index contributed by atoms with van der Waals surface area (Å²) in [5, 5.41) is 1.70. The molecule has 2 rings (SSSR count). The van der Waals surface area contributed by atoms with Gasteiger partial charge in [-0.25, -0.2) is 22.0 Å². The zero-order valence-electron chi connectivity index (χ0n) is 10.6. The molecule has 1 amide bonds. The van der Waals surface area contributed by atoms with Gasteiger partial charge in [0.25, 0.3) is 5.91 Å². The molecule has 0 saturated heterocycles. The van der Waals surface area contributed by atoms with E-state index in [-0.39, 0.29) is 5.56 Å². The van der Waals surface area contributed by atoms with Crippen LogP contribution in [0.3, 0.4) is 0 Å². The van der Waals surface area contributed by atoms with E-state index in [9.17, 15) is 26.7 Å². The maximum atomic E-state index is 13.4. The van der Waals surface area contributed by atoms with Crippen molar-refractivity contribution in [3.63, 3.8) is 0 Å². The summed E-state index contributed by atoms with van der Waals surface area (Å²) >= 11 is 0. The normalized spacial score (nSPS) is 10.6. The lowest BCUT2D eigenvalue weighted by Crippen LogP contribution is -2.17. The third kappa shape index (κ3) is 2.72. The van der Waals surface area contributed by atoms with Crippen molar-refractivity contribution in [3.8, 4) is 0 Å². The minimum Gasteiger partial charge on any atom is -0.317 e. The Kier molecular flexibility index (Phi) is 3.93. The number of hydrogen-bond acceptors (Lipinski definition) is 1. The molecule has 1 N–H and O–H groups in total. The fourth-order valence-corrected chi connectivity index (χ4v) is 1.69. The summed E-state index contributed by atoms with van der Waals surface area (Å²) in [5.74, 6) is -11.7. The summed E-state index contributed by atoms with van der Waals surface area (Å²) in [4.78, 5) is 11.8. The van der Waals surface area contributed by atoms with Crippen LogP contribution < -0.4 is 5.32 Å². The minimum absolute atomic E-state index is 0.0268. The van der Waals surface area contributed by atoms with Crippen LogP contribution in [0.15, 0.2) is 24.3 Å². The third-order valence-corrected chi connectivity index (χ3v) is 2.73. The van der Waals surface area contributed by atoms with Gasteiger partial charge < -0.3 is 5.32 Å². The Labute approximate surface area is 116 Å². The maximum absolute atomic E-state index is 13.4. The van der Waals surface area contributed by atoms with Gasteiger partial charge in [-0.05, 0) is 19.1 Å². The molecular weight excluding hydrogens is 293 g/mol. The Hall–Kier alpha value is -2.44. The number of amides is 1. The van der Waals surface area contributed by atoms with Crippen molar-refractivity contribution in [2.24, 2.45) is 0 Å². The van der Waals surface area contributed by atoms with E-state index >= 15 is 0 Å². The monoisotopic (exact) mass is 301 g/mol. The number of anilines is 1. The first-order chi connectivity index (χ1) is 9.82. The number of rotatable bonds is 2. The van der Waals surface area contributed by atoms with Gasteiger partial charge in [-0.2, -0.15) is 0 Å². The lowest BCUT2D eigenvalue weighted by molar-refractivity contribution is 0.102. The summed E-state index contributed by atoms with van der Waals surface area (Å²) in [6.07, 6.45) is 0. The van der Waals surface area contributed by atoms with E-state index in [0.717, 1.165) is 0 Å². The first kappa shape index (κ1) is 15.0. The molecule has 0 aromatic heterocycles. The fraction of sp³-hybridized carbons (Fsp3) is 0.0714. The SMILES string of the molecule is Cc1cccc(C(=O)Nc2c(F)c(F)c(F)c(F)c2F)c1. The molecule has 2 nitrogen and oxygen atoms in total. The quantitative estimate of drug-likeness (QED) is 0.508. The molecule has 110 valence electrons. The van der Waals surface area contributed by atoms with E-state index in [0.29, 0.717) is 5.56 Å². The number of carbonyl (C=O) groups excluding carboxylic acids is 1. The molecule has 7 heteroatoms. The summed E-state index contributed by atoms with van der Waals surface area (Å²) in [5.41, 5.74) is -0.656. The van der Waals surface area contributed by atoms with Gasteiger partial charge in [0.1, 0.15) is 5.69 Å². The molecule has 0 aliphatic rings. The number of hydrogen-bond donors (Lipinski definition) is 1. The van der Waals surface area contributed by atoms with Crippen LogP contribution in [0.25, 0.3) is 0 Å². The smallest absolute Gasteiger partial charge is 0.255 e. The highest BCUT2D eigenvalue weighted by Crippen LogP contribution is 2.27. The topological polar surface area (TPSA) is 29.1 Å².